The first-order chi connectivity index (χ1) is 8.02. The number of carbonyl (C=O) groups is 1. The highest BCUT2D eigenvalue weighted by Gasteiger charge is 2.58. The lowest BCUT2D eigenvalue weighted by Crippen LogP contribution is -2.41. The number of thiol groups is 1. The van der Waals surface area contributed by atoms with E-state index in [9.17, 15) is 30.8 Å². The number of alkyl halides is 4. The minimum atomic E-state index is -5.09. The first-order valence-corrected chi connectivity index (χ1v) is 6.27. The maximum atomic E-state index is 12.9. The molecule has 0 heterocycles. The van der Waals surface area contributed by atoms with Gasteiger partial charge in [0.2, 0.25) is 10.7 Å². The SMILES string of the molecule is CC(C)C(=O)OCCCC(F)(F)C(F)(F)[SH](=O)=O. The first kappa shape index (κ1) is 17.1. The minimum Gasteiger partial charge on any atom is -0.465 e. The highest BCUT2D eigenvalue weighted by Crippen LogP contribution is 2.38. The van der Waals surface area contributed by atoms with Crippen molar-refractivity contribution in [2.24, 2.45) is 5.92 Å². The summed E-state index contributed by atoms with van der Waals surface area (Å²) in [5, 5.41) is -5.09. The molecule has 9 heteroatoms. The van der Waals surface area contributed by atoms with Gasteiger partial charge < -0.3 is 4.74 Å². The zero-order chi connectivity index (χ0) is 14.6. The summed E-state index contributed by atoms with van der Waals surface area (Å²) in [6.07, 6.45) is -1.93. The van der Waals surface area contributed by atoms with Gasteiger partial charge in [-0.05, 0) is 6.42 Å². The molecule has 0 aliphatic heterocycles. The topological polar surface area (TPSA) is 60.4 Å². The summed E-state index contributed by atoms with van der Waals surface area (Å²) < 4.78 is 75.4. The maximum absolute atomic E-state index is 12.9. The van der Waals surface area contributed by atoms with Gasteiger partial charge in [-0.15, -0.1) is 0 Å². The average molecular weight is 294 g/mol. The van der Waals surface area contributed by atoms with Crippen molar-refractivity contribution in [3.05, 3.63) is 0 Å². The lowest BCUT2D eigenvalue weighted by atomic mass is 10.2. The van der Waals surface area contributed by atoms with Crippen LogP contribution in [-0.2, 0) is 20.2 Å². The van der Waals surface area contributed by atoms with Crippen LogP contribution >= 0.6 is 0 Å². The molecule has 0 bridgehead atoms. The Kier molecular flexibility index (Phi) is 6.05. The molecule has 18 heavy (non-hydrogen) atoms. The quantitative estimate of drug-likeness (QED) is 0.337. The second-order valence-electron chi connectivity index (χ2n) is 3.93. The number of ether oxygens (including phenoxy) is 1. The van der Waals surface area contributed by atoms with Crippen LogP contribution in [0.15, 0.2) is 0 Å². The van der Waals surface area contributed by atoms with Crippen molar-refractivity contribution >= 4 is 16.7 Å². The molecule has 4 nitrogen and oxygen atoms in total. The molecule has 0 aromatic rings. The predicted octanol–water partition coefficient (Wildman–Crippen LogP) is 1.81. The van der Waals surface area contributed by atoms with Crippen LogP contribution in [0.2, 0.25) is 0 Å². The lowest BCUT2D eigenvalue weighted by molar-refractivity contribution is -0.163. The molecule has 0 saturated heterocycles. The second-order valence-corrected chi connectivity index (χ2v) is 5.00. The van der Waals surface area contributed by atoms with E-state index in [1.54, 1.807) is 0 Å². The average Bonchev–Trinajstić information content (AvgIpc) is 2.23. The molecule has 0 radical (unpaired) electrons. The molecule has 108 valence electrons. The zero-order valence-corrected chi connectivity index (χ0v) is 10.7. The number of hydrogen-bond acceptors (Lipinski definition) is 4. The van der Waals surface area contributed by atoms with Gasteiger partial charge >= 0.3 is 17.1 Å². The van der Waals surface area contributed by atoms with E-state index in [1.807, 2.05) is 0 Å². The molecule has 0 fully saturated rings. The monoisotopic (exact) mass is 294 g/mol. The van der Waals surface area contributed by atoms with E-state index in [0.29, 0.717) is 0 Å². The molecule has 0 aromatic carbocycles. The third kappa shape index (κ3) is 4.43. The zero-order valence-electron chi connectivity index (χ0n) is 9.79. The van der Waals surface area contributed by atoms with E-state index >= 15 is 0 Å². The molecule has 0 atom stereocenters. The fourth-order valence-corrected chi connectivity index (χ4v) is 1.30. The maximum Gasteiger partial charge on any atom is 0.404 e. The van der Waals surface area contributed by atoms with Crippen molar-refractivity contribution in [2.45, 2.75) is 37.9 Å². The molecule has 0 aliphatic rings. The molecule has 0 aliphatic carbocycles. The standard InChI is InChI=1S/C9H14F4O4S/c1-6(2)7(14)17-5-3-4-8(10,11)9(12,13)18(15)16/h6,18H,3-5H2,1-2H3. The van der Waals surface area contributed by atoms with E-state index in [2.05, 4.69) is 4.74 Å². The Balaban J connectivity index is 4.25. The Labute approximate surface area is 103 Å². The van der Waals surface area contributed by atoms with Gasteiger partial charge in [0.15, 0.2) is 0 Å². The summed E-state index contributed by atoms with van der Waals surface area (Å²) in [5.41, 5.74) is 0. The lowest BCUT2D eigenvalue weighted by Gasteiger charge is -2.21. The van der Waals surface area contributed by atoms with Crippen LogP contribution in [0.5, 0.6) is 0 Å². The molecule has 0 spiro atoms. The minimum absolute atomic E-state index is 0.455. The predicted molar refractivity (Wildman–Crippen MR) is 55.2 cm³/mol. The summed E-state index contributed by atoms with van der Waals surface area (Å²) in [4.78, 5) is 10.9. The van der Waals surface area contributed by atoms with Gasteiger partial charge in [-0.2, -0.15) is 17.6 Å². The van der Waals surface area contributed by atoms with Crippen LogP contribution in [0.3, 0.4) is 0 Å². The third-order valence-electron chi connectivity index (χ3n) is 2.02. The fraction of sp³-hybridized carbons (Fsp3) is 0.889. The molecule has 0 amide bonds. The molecule has 0 saturated carbocycles. The molecular weight excluding hydrogens is 280 g/mol. The summed E-state index contributed by atoms with van der Waals surface area (Å²) in [7, 11) is -4.57. The van der Waals surface area contributed by atoms with E-state index in [0.717, 1.165) is 0 Å². The van der Waals surface area contributed by atoms with Crippen molar-refractivity contribution in [3.63, 3.8) is 0 Å². The summed E-state index contributed by atoms with van der Waals surface area (Å²) in [6.45, 7) is 2.58. The van der Waals surface area contributed by atoms with Gasteiger partial charge in [0.1, 0.15) is 0 Å². The summed E-state index contributed by atoms with van der Waals surface area (Å²) in [6, 6.07) is 0. The van der Waals surface area contributed by atoms with Gasteiger partial charge in [0, 0.05) is 6.42 Å². The van der Waals surface area contributed by atoms with Crippen molar-refractivity contribution < 1.29 is 35.5 Å². The van der Waals surface area contributed by atoms with Gasteiger partial charge in [-0.25, -0.2) is 8.42 Å². The Morgan fingerprint density at radius 2 is 1.72 bits per heavy atom. The van der Waals surface area contributed by atoms with E-state index < -0.39 is 53.2 Å². The Bertz CT molecular complexity index is 358. The summed E-state index contributed by atoms with van der Waals surface area (Å²) >= 11 is 0. The Hall–Kier alpha value is -0.860. The van der Waals surface area contributed by atoms with Crippen molar-refractivity contribution in [2.75, 3.05) is 6.61 Å². The number of carbonyl (C=O) groups excluding carboxylic acids is 1. The molecule has 0 unspecified atom stereocenters. The highest BCUT2D eigenvalue weighted by atomic mass is 32.2. The normalized spacial score (nSPS) is 13.1. The van der Waals surface area contributed by atoms with Crippen LogP contribution in [0.1, 0.15) is 26.7 Å². The van der Waals surface area contributed by atoms with Crippen LogP contribution in [0.4, 0.5) is 17.6 Å². The number of halogens is 4. The van der Waals surface area contributed by atoms with Crippen molar-refractivity contribution in [1.29, 1.82) is 0 Å². The van der Waals surface area contributed by atoms with Gasteiger partial charge in [0.05, 0.1) is 12.5 Å². The number of esters is 1. The number of hydrogen-bond donors (Lipinski definition) is 1. The smallest absolute Gasteiger partial charge is 0.404 e. The Morgan fingerprint density at radius 3 is 2.11 bits per heavy atom. The van der Waals surface area contributed by atoms with Crippen LogP contribution < -0.4 is 0 Å². The van der Waals surface area contributed by atoms with Gasteiger partial charge in [-0.3, -0.25) is 4.79 Å². The third-order valence-corrected chi connectivity index (χ3v) is 2.81. The summed E-state index contributed by atoms with van der Waals surface area (Å²) in [5.74, 6) is -5.77. The fourth-order valence-electron chi connectivity index (χ4n) is 0.918. The van der Waals surface area contributed by atoms with Crippen LogP contribution in [0.25, 0.3) is 0 Å². The van der Waals surface area contributed by atoms with E-state index in [4.69, 9.17) is 0 Å². The molecular formula is C9H14F4O4S. The largest absolute Gasteiger partial charge is 0.465 e. The van der Waals surface area contributed by atoms with E-state index in [-0.39, 0.29) is 0 Å². The van der Waals surface area contributed by atoms with Gasteiger partial charge in [-0.1, -0.05) is 13.8 Å². The number of rotatable bonds is 7. The van der Waals surface area contributed by atoms with Crippen LogP contribution in [0, 0.1) is 5.92 Å². The van der Waals surface area contributed by atoms with Crippen LogP contribution in [-0.4, -0.2) is 32.2 Å². The van der Waals surface area contributed by atoms with Crippen molar-refractivity contribution in [3.8, 4) is 0 Å². The highest BCUT2D eigenvalue weighted by molar-refractivity contribution is 7.73. The first-order valence-electron chi connectivity index (χ1n) is 5.09. The Morgan fingerprint density at radius 1 is 1.22 bits per heavy atom. The second kappa shape index (κ2) is 6.35. The molecule has 0 aromatic heterocycles. The molecule has 0 rings (SSSR count). The van der Waals surface area contributed by atoms with E-state index in [1.165, 1.54) is 13.8 Å². The van der Waals surface area contributed by atoms with Crippen molar-refractivity contribution in [1.82, 2.24) is 0 Å². The van der Waals surface area contributed by atoms with Gasteiger partial charge in [0.25, 0.3) is 0 Å². The molecule has 0 N–H and O–H groups in total.